The van der Waals surface area contributed by atoms with E-state index in [1.54, 1.807) is 10.9 Å². The summed E-state index contributed by atoms with van der Waals surface area (Å²) in [6.45, 7) is 1.74. The summed E-state index contributed by atoms with van der Waals surface area (Å²) >= 11 is 0. The second-order valence-electron chi connectivity index (χ2n) is 6.57. The van der Waals surface area contributed by atoms with Gasteiger partial charge in [-0.15, -0.1) is 0 Å². The van der Waals surface area contributed by atoms with Crippen LogP contribution in [0.15, 0.2) is 42.9 Å². The van der Waals surface area contributed by atoms with Gasteiger partial charge < -0.3 is 10.6 Å². The molecule has 2 N–H and O–H groups in total. The van der Waals surface area contributed by atoms with Gasteiger partial charge in [-0.3, -0.25) is 9.48 Å². The number of fused-ring (bicyclic) bond motifs is 1. The number of piperidine rings is 1. The minimum absolute atomic E-state index is 0.0213. The Balaban J connectivity index is 1.59. The lowest BCUT2D eigenvalue weighted by molar-refractivity contribution is -0.120. The summed E-state index contributed by atoms with van der Waals surface area (Å²) in [5.74, 6) is 0.668. The van der Waals surface area contributed by atoms with Crippen LogP contribution >= 0.6 is 0 Å². The summed E-state index contributed by atoms with van der Waals surface area (Å²) in [6, 6.07) is 8.14. The molecule has 25 heavy (non-hydrogen) atoms. The Hall–Kier alpha value is -2.73. The molecule has 0 aliphatic carbocycles. The number of carbonyl (C=O) groups excluding carboxylic acids is 1. The van der Waals surface area contributed by atoms with Gasteiger partial charge in [0.05, 0.1) is 12.1 Å². The zero-order valence-corrected chi connectivity index (χ0v) is 14.2. The van der Waals surface area contributed by atoms with Gasteiger partial charge in [-0.1, -0.05) is 12.1 Å². The highest BCUT2D eigenvalue weighted by atomic mass is 16.2. The Morgan fingerprint density at radius 2 is 2.16 bits per heavy atom. The van der Waals surface area contributed by atoms with E-state index in [0.717, 1.165) is 47.8 Å². The summed E-state index contributed by atoms with van der Waals surface area (Å²) in [6.07, 6.45) is 7.61. The number of carbonyl (C=O) groups is 1. The van der Waals surface area contributed by atoms with Gasteiger partial charge in [0.25, 0.3) is 0 Å². The van der Waals surface area contributed by atoms with E-state index in [1.807, 2.05) is 31.6 Å². The number of rotatable bonds is 3. The molecule has 1 aliphatic heterocycles. The molecule has 0 bridgehead atoms. The molecular weight excluding hydrogens is 314 g/mol. The Morgan fingerprint density at radius 3 is 2.92 bits per heavy atom. The maximum atomic E-state index is 12.4. The van der Waals surface area contributed by atoms with Gasteiger partial charge >= 0.3 is 0 Å². The van der Waals surface area contributed by atoms with Gasteiger partial charge in [0, 0.05) is 36.9 Å². The molecule has 0 spiro atoms. The first-order valence-corrected chi connectivity index (χ1v) is 8.59. The van der Waals surface area contributed by atoms with Gasteiger partial charge in [-0.25, -0.2) is 4.98 Å². The molecule has 1 fully saturated rings. The van der Waals surface area contributed by atoms with E-state index in [4.69, 9.17) is 0 Å². The highest BCUT2D eigenvalue weighted by molar-refractivity contribution is 5.95. The van der Waals surface area contributed by atoms with Crippen LogP contribution in [0.2, 0.25) is 0 Å². The second-order valence-corrected chi connectivity index (χ2v) is 6.57. The van der Waals surface area contributed by atoms with Gasteiger partial charge in [0.2, 0.25) is 5.91 Å². The Morgan fingerprint density at radius 1 is 1.24 bits per heavy atom. The van der Waals surface area contributed by atoms with Gasteiger partial charge in [-0.05, 0) is 42.5 Å². The maximum Gasteiger partial charge on any atom is 0.229 e. The second kappa shape index (κ2) is 6.64. The van der Waals surface area contributed by atoms with Crippen LogP contribution in [0.1, 0.15) is 12.8 Å². The molecule has 1 saturated heterocycles. The topological polar surface area (TPSA) is 71.8 Å². The largest absolute Gasteiger partial charge is 0.316 e. The van der Waals surface area contributed by atoms with Crippen LogP contribution in [0.4, 0.5) is 5.82 Å². The highest BCUT2D eigenvalue weighted by Gasteiger charge is 2.21. The number of nitrogens with one attached hydrogen (secondary N) is 2. The summed E-state index contributed by atoms with van der Waals surface area (Å²) in [5.41, 5.74) is 2.17. The van der Waals surface area contributed by atoms with Crippen molar-refractivity contribution in [1.29, 1.82) is 0 Å². The van der Waals surface area contributed by atoms with E-state index in [1.165, 1.54) is 0 Å². The van der Waals surface area contributed by atoms with E-state index >= 15 is 0 Å². The number of aromatic nitrogens is 3. The summed E-state index contributed by atoms with van der Waals surface area (Å²) in [4.78, 5) is 16.8. The summed E-state index contributed by atoms with van der Waals surface area (Å²) in [7, 11) is 1.90. The summed E-state index contributed by atoms with van der Waals surface area (Å²) < 4.78 is 1.79. The Labute approximate surface area is 146 Å². The number of hydrogen-bond donors (Lipinski definition) is 2. The predicted molar refractivity (Wildman–Crippen MR) is 98.2 cm³/mol. The molecule has 6 nitrogen and oxygen atoms in total. The molecule has 0 saturated carbocycles. The van der Waals surface area contributed by atoms with E-state index in [9.17, 15) is 4.79 Å². The third-order valence-corrected chi connectivity index (χ3v) is 4.68. The van der Waals surface area contributed by atoms with Crippen molar-refractivity contribution >= 4 is 22.5 Å². The van der Waals surface area contributed by atoms with Crippen molar-refractivity contribution in [3.05, 3.63) is 42.9 Å². The van der Waals surface area contributed by atoms with Gasteiger partial charge in [0.15, 0.2) is 0 Å². The fourth-order valence-corrected chi connectivity index (χ4v) is 3.26. The smallest absolute Gasteiger partial charge is 0.229 e. The van der Waals surface area contributed by atoms with Crippen molar-refractivity contribution in [2.75, 3.05) is 18.4 Å². The third kappa shape index (κ3) is 3.39. The number of hydrogen-bond acceptors (Lipinski definition) is 4. The quantitative estimate of drug-likeness (QED) is 0.772. The standard InChI is InChI=1S/C19H21N5O/c1-24-12-17(11-22-24)13-4-5-14-10-21-18(8-16(14)7-13)23-19(25)15-3-2-6-20-9-15/h4-5,7-8,10-12,15,20H,2-3,6,9H2,1H3,(H,21,23,25)/t15-/m0/s1. The van der Waals surface area contributed by atoms with Crippen molar-refractivity contribution in [3.8, 4) is 11.1 Å². The van der Waals surface area contributed by atoms with Crippen molar-refractivity contribution in [3.63, 3.8) is 0 Å². The van der Waals surface area contributed by atoms with E-state index < -0.39 is 0 Å². The number of amides is 1. The van der Waals surface area contributed by atoms with Crippen LogP contribution in [0.5, 0.6) is 0 Å². The van der Waals surface area contributed by atoms with E-state index in [0.29, 0.717) is 5.82 Å². The van der Waals surface area contributed by atoms with Crippen molar-refractivity contribution in [2.24, 2.45) is 13.0 Å². The molecule has 128 valence electrons. The molecule has 0 radical (unpaired) electrons. The number of benzene rings is 1. The van der Waals surface area contributed by atoms with E-state index in [-0.39, 0.29) is 11.8 Å². The van der Waals surface area contributed by atoms with Crippen molar-refractivity contribution < 1.29 is 4.79 Å². The van der Waals surface area contributed by atoms with Crippen LogP contribution in [0.25, 0.3) is 21.9 Å². The average Bonchev–Trinajstić information content (AvgIpc) is 3.08. The molecule has 1 aromatic carbocycles. The number of pyridine rings is 1. The van der Waals surface area contributed by atoms with Crippen molar-refractivity contribution in [1.82, 2.24) is 20.1 Å². The first-order chi connectivity index (χ1) is 12.2. The lowest BCUT2D eigenvalue weighted by Gasteiger charge is -2.21. The Kier molecular flexibility index (Phi) is 4.19. The molecule has 3 aromatic rings. The zero-order chi connectivity index (χ0) is 17.2. The monoisotopic (exact) mass is 335 g/mol. The molecule has 1 amide bonds. The average molecular weight is 335 g/mol. The predicted octanol–water partition coefficient (Wildman–Crippen LogP) is 2.57. The first kappa shape index (κ1) is 15.8. The third-order valence-electron chi connectivity index (χ3n) is 4.68. The molecule has 4 rings (SSSR count). The lowest BCUT2D eigenvalue weighted by atomic mass is 9.99. The molecule has 0 unspecified atom stereocenters. The maximum absolute atomic E-state index is 12.4. The fourth-order valence-electron chi connectivity index (χ4n) is 3.26. The van der Waals surface area contributed by atoms with Gasteiger partial charge in [-0.2, -0.15) is 5.10 Å². The highest BCUT2D eigenvalue weighted by Crippen LogP contribution is 2.25. The number of anilines is 1. The first-order valence-electron chi connectivity index (χ1n) is 8.59. The van der Waals surface area contributed by atoms with Crippen LogP contribution < -0.4 is 10.6 Å². The van der Waals surface area contributed by atoms with Crippen LogP contribution in [-0.2, 0) is 11.8 Å². The minimum atomic E-state index is 0.0213. The van der Waals surface area contributed by atoms with E-state index in [2.05, 4.69) is 32.8 Å². The van der Waals surface area contributed by atoms with Gasteiger partial charge in [0.1, 0.15) is 5.82 Å². The van der Waals surface area contributed by atoms with Crippen LogP contribution in [0.3, 0.4) is 0 Å². The number of nitrogens with zero attached hydrogens (tertiary/aromatic N) is 3. The molecule has 1 atom stereocenters. The van der Waals surface area contributed by atoms with Crippen LogP contribution in [-0.4, -0.2) is 33.8 Å². The minimum Gasteiger partial charge on any atom is -0.316 e. The zero-order valence-electron chi connectivity index (χ0n) is 14.2. The molecular formula is C19H21N5O. The normalized spacial score (nSPS) is 17.6. The molecule has 1 aliphatic rings. The van der Waals surface area contributed by atoms with Crippen molar-refractivity contribution in [2.45, 2.75) is 12.8 Å². The Bertz CT molecular complexity index is 911. The SMILES string of the molecule is Cn1cc(-c2ccc3cnc(NC(=O)[C@H]4CCCNC4)cc3c2)cn1. The molecule has 2 aromatic heterocycles. The summed E-state index contributed by atoms with van der Waals surface area (Å²) in [5, 5.41) is 12.5. The number of aryl methyl sites for hydroxylation is 1. The fraction of sp³-hybridized carbons (Fsp3) is 0.316. The molecule has 6 heteroatoms. The molecule has 3 heterocycles. The lowest BCUT2D eigenvalue weighted by Crippen LogP contribution is -2.37. The van der Waals surface area contributed by atoms with Crippen LogP contribution in [0, 0.1) is 5.92 Å².